The van der Waals surface area contributed by atoms with Gasteiger partial charge in [-0.1, -0.05) is 25.0 Å². The summed E-state index contributed by atoms with van der Waals surface area (Å²) >= 11 is 0. The van der Waals surface area contributed by atoms with Crippen LogP contribution < -0.4 is 15.4 Å². The summed E-state index contributed by atoms with van der Waals surface area (Å²) in [6.45, 7) is 2.40. The molecule has 0 radical (unpaired) electrons. The van der Waals surface area contributed by atoms with E-state index in [0.717, 1.165) is 11.3 Å². The fourth-order valence-corrected chi connectivity index (χ4v) is 2.64. The lowest BCUT2D eigenvalue weighted by molar-refractivity contribution is -0.121. The van der Waals surface area contributed by atoms with Crippen molar-refractivity contribution in [3.8, 4) is 5.75 Å². The maximum Gasteiger partial charge on any atom is 0.234 e. The molecule has 0 spiro atoms. The molecular formula is C16H24N2O2. The SMILES string of the molecule is COc1ccc([C@@H](C)NC(=O)CNC2CCCC2)cc1. The minimum absolute atomic E-state index is 0.0128. The number of benzene rings is 1. The van der Waals surface area contributed by atoms with Gasteiger partial charge in [0, 0.05) is 6.04 Å². The summed E-state index contributed by atoms with van der Waals surface area (Å²) in [6.07, 6.45) is 4.95. The van der Waals surface area contributed by atoms with Gasteiger partial charge in [-0.25, -0.2) is 0 Å². The Labute approximate surface area is 120 Å². The van der Waals surface area contributed by atoms with Gasteiger partial charge >= 0.3 is 0 Å². The fraction of sp³-hybridized carbons (Fsp3) is 0.562. The van der Waals surface area contributed by atoms with Crippen molar-refractivity contribution in [2.45, 2.75) is 44.7 Å². The fourth-order valence-electron chi connectivity index (χ4n) is 2.64. The number of nitrogens with one attached hydrogen (secondary N) is 2. The van der Waals surface area contributed by atoms with Crippen molar-refractivity contribution in [2.75, 3.05) is 13.7 Å². The van der Waals surface area contributed by atoms with Gasteiger partial charge in [0.15, 0.2) is 0 Å². The summed E-state index contributed by atoms with van der Waals surface area (Å²) < 4.78 is 5.13. The van der Waals surface area contributed by atoms with E-state index in [1.807, 2.05) is 31.2 Å². The van der Waals surface area contributed by atoms with Crippen molar-refractivity contribution >= 4 is 5.91 Å². The van der Waals surface area contributed by atoms with E-state index in [-0.39, 0.29) is 11.9 Å². The summed E-state index contributed by atoms with van der Waals surface area (Å²) in [6, 6.07) is 8.32. The summed E-state index contributed by atoms with van der Waals surface area (Å²) in [5.74, 6) is 0.885. The number of carbonyl (C=O) groups is 1. The van der Waals surface area contributed by atoms with E-state index >= 15 is 0 Å². The lowest BCUT2D eigenvalue weighted by Crippen LogP contribution is -2.39. The summed E-state index contributed by atoms with van der Waals surface area (Å²) in [5, 5.41) is 6.34. The van der Waals surface area contributed by atoms with Gasteiger partial charge in [0.25, 0.3) is 0 Å². The van der Waals surface area contributed by atoms with E-state index in [1.165, 1.54) is 25.7 Å². The van der Waals surface area contributed by atoms with E-state index in [9.17, 15) is 4.79 Å². The van der Waals surface area contributed by atoms with Crippen LogP contribution in [0.2, 0.25) is 0 Å². The average Bonchev–Trinajstić information content (AvgIpc) is 2.98. The number of carbonyl (C=O) groups excluding carboxylic acids is 1. The molecule has 4 nitrogen and oxygen atoms in total. The molecular weight excluding hydrogens is 252 g/mol. The van der Waals surface area contributed by atoms with E-state index in [2.05, 4.69) is 10.6 Å². The van der Waals surface area contributed by atoms with Crippen molar-refractivity contribution in [1.82, 2.24) is 10.6 Å². The first-order chi connectivity index (χ1) is 9.69. The molecule has 0 heterocycles. The molecule has 1 aliphatic rings. The summed E-state index contributed by atoms with van der Waals surface area (Å²) in [7, 11) is 1.65. The largest absolute Gasteiger partial charge is 0.497 e. The van der Waals surface area contributed by atoms with Crippen LogP contribution >= 0.6 is 0 Å². The molecule has 0 saturated heterocycles. The number of methoxy groups -OCH3 is 1. The second-order valence-electron chi connectivity index (χ2n) is 5.42. The van der Waals surface area contributed by atoms with E-state index in [1.54, 1.807) is 7.11 Å². The van der Waals surface area contributed by atoms with Crippen LogP contribution in [0.15, 0.2) is 24.3 Å². The van der Waals surface area contributed by atoms with E-state index in [4.69, 9.17) is 4.74 Å². The van der Waals surface area contributed by atoms with Crippen molar-refractivity contribution in [3.05, 3.63) is 29.8 Å². The van der Waals surface area contributed by atoms with Crippen molar-refractivity contribution in [2.24, 2.45) is 0 Å². The molecule has 0 aromatic heterocycles. The van der Waals surface area contributed by atoms with Crippen LogP contribution in [0.1, 0.15) is 44.2 Å². The van der Waals surface area contributed by atoms with Crippen LogP contribution in [0.25, 0.3) is 0 Å². The Morgan fingerprint density at radius 3 is 2.55 bits per heavy atom. The zero-order valence-electron chi connectivity index (χ0n) is 12.3. The number of rotatable bonds is 6. The predicted octanol–water partition coefficient (Wildman–Crippen LogP) is 2.40. The molecule has 1 atom stereocenters. The Morgan fingerprint density at radius 1 is 1.30 bits per heavy atom. The van der Waals surface area contributed by atoms with Gasteiger partial charge in [0.05, 0.1) is 19.7 Å². The maximum atomic E-state index is 11.9. The van der Waals surface area contributed by atoms with Crippen LogP contribution in [0.4, 0.5) is 0 Å². The Hall–Kier alpha value is -1.55. The van der Waals surface area contributed by atoms with Gasteiger partial charge in [-0.2, -0.15) is 0 Å². The first-order valence-electron chi connectivity index (χ1n) is 7.35. The third kappa shape index (κ3) is 4.23. The summed E-state index contributed by atoms with van der Waals surface area (Å²) in [4.78, 5) is 11.9. The van der Waals surface area contributed by atoms with Crippen molar-refractivity contribution in [3.63, 3.8) is 0 Å². The molecule has 2 rings (SSSR count). The number of hydrogen-bond donors (Lipinski definition) is 2. The first kappa shape index (κ1) is 14.9. The molecule has 0 unspecified atom stereocenters. The minimum atomic E-state index is 0.0128. The predicted molar refractivity (Wildman–Crippen MR) is 79.8 cm³/mol. The quantitative estimate of drug-likeness (QED) is 0.839. The molecule has 4 heteroatoms. The zero-order chi connectivity index (χ0) is 14.4. The molecule has 1 aliphatic carbocycles. The second-order valence-corrected chi connectivity index (χ2v) is 5.42. The smallest absolute Gasteiger partial charge is 0.234 e. The van der Waals surface area contributed by atoms with Gasteiger partial charge < -0.3 is 15.4 Å². The molecule has 0 bridgehead atoms. The molecule has 1 aromatic carbocycles. The van der Waals surface area contributed by atoms with Crippen LogP contribution in [-0.2, 0) is 4.79 Å². The van der Waals surface area contributed by atoms with Gasteiger partial charge in [0.1, 0.15) is 5.75 Å². The number of ether oxygens (including phenoxy) is 1. The van der Waals surface area contributed by atoms with Crippen LogP contribution in [0, 0.1) is 0 Å². The molecule has 110 valence electrons. The van der Waals surface area contributed by atoms with E-state index < -0.39 is 0 Å². The number of hydrogen-bond acceptors (Lipinski definition) is 3. The van der Waals surface area contributed by atoms with Gasteiger partial charge in [-0.3, -0.25) is 4.79 Å². The molecule has 1 aromatic rings. The number of amides is 1. The molecule has 1 saturated carbocycles. The normalized spacial score (nSPS) is 16.9. The van der Waals surface area contributed by atoms with Crippen LogP contribution in [0.3, 0.4) is 0 Å². The maximum absolute atomic E-state index is 11.9. The first-order valence-corrected chi connectivity index (χ1v) is 7.35. The molecule has 1 amide bonds. The Morgan fingerprint density at radius 2 is 1.95 bits per heavy atom. The highest BCUT2D eigenvalue weighted by molar-refractivity contribution is 5.78. The highest BCUT2D eigenvalue weighted by Gasteiger charge is 2.16. The standard InChI is InChI=1S/C16H24N2O2/c1-12(13-7-9-15(20-2)10-8-13)18-16(19)11-17-14-5-3-4-6-14/h7-10,12,14,17H,3-6,11H2,1-2H3,(H,18,19)/t12-/m1/s1. The zero-order valence-corrected chi connectivity index (χ0v) is 12.3. The minimum Gasteiger partial charge on any atom is -0.497 e. The van der Waals surface area contributed by atoms with Gasteiger partial charge in [-0.15, -0.1) is 0 Å². The topological polar surface area (TPSA) is 50.4 Å². The second kappa shape index (κ2) is 7.29. The summed E-state index contributed by atoms with van der Waals surface area (Å²) in [5.41, 5.74) is 1.08. The Balaban J connectivity index is 1.77. The molecule has 20 heavy (non-hydrogen) atoms. The van der Waals surface area contributed by atoms with Gasteiger partial charge in [-0.05, 0) is 37.5 Å². The molecule has 2 N–H and O–H groups in total. The highest BCUT2D eigenvalue weighted by atomic mass is 16.5. The highest BCUT2D eigenvalue weighted by Crippen LogP contribution is 2.18. The van der Waals surface area contributed by atoms with Crippen LogP contribution in [-0.4, -0.2) is 25.6 Å². The lowest BCUT2D eigenvalue weighted by Gasteiger charge is -2.16. The lowest BCUT2D eigenvalue weighted by atomic mass is 10.1. The third-order valence-corrected chi connectivity index (χ3v) is 3.90. The Bertz CT molecular complexity index is 425. The monoisotopic (exact) mass is 276 g/mol. The molecule has 0 aliphatic heterocycles. The Kier molecular flexibility index (Phi) is 5.41. The van der Waals surface area contributed by atoms with Crippen molar-refractivity contribution < 1.29 is 9.53 Å². The average molecular weight is 276 g/mol. The molecule has 1 fully saturated rings. The van der Waals surface area contributed by atoms with Crippen LogP contribution in [0.5, 0.6) is 5.75 Å². The van der Waals surface area contributed by atoms with Crippen molar-refractivity contribution in [1.29, 1.82) is 0 Å². The third-order valence-electron chi connectivity index (χ3n) is 3.90. The van der Waals surface area contributed by atoms with Gasteiger partial charge in [0.2, 0.25) is 5.91 Å². The van der Waals surface area contributed by atoms with E-state index in [0.29, 0.717) is 12.6 Å².